The Morgan fingerprint density at radius 3 is 2.52 bits per heavy atom. The SMILES string of the molecule is N#Cc1ccc(O)c(C(=O)NC(=N)N)c1-c1cccc(C(F)(F)F)c1. The average Bonchev–Trinajstić information content (AvgIpc) is 2.53. The molecular weight excluding hydrogens is 337 g/mol. The molecule has 2 aromatic rings. The second kappa shape index (κ2) is 6.52. The molecule has 0 saturated carbocycles. The van der Waals surface area contributed by atoms with Gasteiger partial charge in [0.2, 0.25) is 0 Å². The number of nitrogens with two attached hydrogens (primary N) is 1. The Morgan fingerprint density at radius 2 is 1.96 bits per heavy atom. The zero-order valence-electron chi connectivity index (χ0n) is 12.5. The lowest BCUT2D eigenvalue weighted by Gasteiger charge is -2.15. The first kappa shape index (κ1) is 17.8. The van der Waals surface area contributed by atoms with Crippen molar-refractivity contribution in [3.63, 3.8) is 0 Å². The van der Waals surface area contributed by atoms with Crippen LogP contribution in [0.4, 0.5) is 13.2 Å². The minimum absolute atomic E-state index is 0.0871. The van der Waals surface area contributed by atoms with Gasteiger partial charge in [0, 0.05) is 5.56 Å². The highest BCUT2D eigenvalue weighted by Crippen LogP contribution is 2.37. The summed E-state index contributed by atoms with van der Waals surface area (Å²) in [6.45, 7) is 0. The molecule has 0 aliphatic carbocycles. The topological polar surface area (TPSA) is 123 Å². The maximum Gasteiger partial charge on any atom is 0.416 e. The van der Waals surface area contributed by atoms with E-state index in [1.54, 1.807) is 6.07 Å². The van der Waals surface area contributed by atoms with Crippen molar-refractivity contribution in [1.82, 2.24) is 5.32 Å². The first-order chi connectivity index (χ1) is 11.6. The lowest BCUT2D eigenvalue weighted by molar-refractivity contribution is -0.137. The maximum absolute atomic E-state index is 12.9. The lowest BCUT2D eigenvalue weighted by Crippen LogP contribution is -2.36. The smallest absolute Gasteiger partial charge is 0.416 e. The van der Waals surface area contributed by atoms with Crippen molar-refractivity contribution in [2.45, 2.75) is 6.18 Å². The molecule has 9 heteroatoms. The van der Waals surface area contributed by atoms with E-state index >= 15 is 0 Å². The molecule has 2 aromatic carbocycles. The van der Waals surface area contributed by atoms with E-state index in [0.717, 1.165) is 24.3 Å². The van der Waals surface area contributed by atoms with Crippen LogP contribution in [0.2, 0.25) is 0 Å². The Labute approximate surface area is 139 Å². The summed E-state index contributed by atoms with van der Waals surface area (Å²) in [6, 6.07) is 8.01. The van der Waals surface area contributed by atoms with E-state index in [2.05, 4.69) is 0 Å². The summed E-state index contributed by atoms with van der Waals surface area (Å²) >= 11 is 0. The van der Waals surface area contributed by atoms with E-state index in [9.17, 15) is 28.3 Å². The van der Waals surface area contributed by atoms with Gasteiger partial charge in [-0.05, 0) is 29.8 Å². The molecule has 0 atom stereocenters. The molecule has 0 aliphatic heterocycles. The molecule has 0 fully saturated rings. The fourth-order valence-electron chi connectivity index (χ4n) is 2.25. The zero-order chi connectivity index (χ0) is 18.8. The molecule has 5 N–H and O–H groups in total. The Hall–Kier alpha value is -3.54. The van der Waals surface area contributed by atoms with Gasteiger partial charge in [0.15, 0.2) is 5.96 Å². The number of benzene rings is 2. The van der Waals surface area contributed by atoms with Gasteiger partial charge in [-0.1, -0.05) is 12.1 Å². The van der Waals surface area contributed by atoms with Crippen LogP contribution in [-0.4, -0.2) is 17.0 Å². The minimum atomic E-state index is -4.62. The quantitative estimate of drug-likeness (QED) is 0.492. The number of hydrogen-bond acceptors (Lipinski definition) is 4. The number of nitriles is 1. The van der Waals surface area contributed by atoms with Gasteiger partial charge in [-0.2, -0.15) is 18.4 Å². The Bertz CT molecular complexity index is 901. The van der Waals surface area contributed by atoms with Gasteiger partial charge < -0.3 is 10.8 Å². The van der Waals surface area contributed by atoms with Gasteiger partial charge in [0.1, 0.15) is 5.75 Å². The van der Waals surface area contributed by atoms with Crippen molar-refractivity contribution in [2.24, 2.45) is 5.73 Å². The number of carbonyl (C=O) groups is 1. The van der Waals surface area contributed by atoms with Crippen LogP contribution in [-0.2, 0) is 6.18 Å². The highest BCUT2D eigenvalue weighted by molar-refractivity contribution is 6.10. The summed E-state index contributed by atoms with van der Waals surface area (Å²) in [5.41, 5.74) is 3.26. The van der Waals surface area contributed by atoms with E-state index in [0.29, 0.717) is 0 Å². The van der Waals surface area contributed by atoms with Crippen LogP contribution in [0, 0.1) is 16.7 Å². The summed E-state index contributed by atoms with van der Waals surface area (Å²) in [4.78, 5) is 12.2. The van der Waals surface area contributed by atoms with Gasteiger partial charge in [0.25, 0.3) is 5.91 Å². The van der Waals surface area contributed by atoms with Crippen LogP contribution in [0.1, 0.15) is 21.5 Å². The zero-order valence-corrected chi connectivity index (χ0v) is 12.5. The van der Waals surface area contributed by atoms with Gasteiger partial charge in [-0.15, -0.1) is 0 Å². The highest BCUT2D eigenvalue weighted by Gasteiger charge is 2.31. The standard InChI is InChI=1S/C16H11F3N4O2/c17-16(18,19)10-3-1-2-8(6-10)12-9(7-20)4-5-11(24)13(12)14(25)23-15(21)22/h1-6,24H,(H4,21,22,23,25). The number of phenolic OH excluding ortho intramolecular Hbond substituents is 1. The third kappa shape index (κ3) is 3.69. The van der Waals surface area contributed by atoms with Crippen LogP contribution < -0.4 is 11.1 Å². The number of amides is 1. The van der Waals surface area contributed by atoms with Gasteiger partial charge in [0.05, 0.1) is 22.8 Å². The Kier molecular flexibility index (Phi) is 4.65. The molecule has 0 radical (unpaired) electrons. The fourth-order valence-corrected chi connectivity index (χ4v) is 2.25. The van der Waals surface area contributed by atoms with E-state index in [1.165, 1.54) is 12.1 Å². The van der Waals surface area contributed by atoms with Crippen LogP contribution in [0.15, 0.2) is 36.4 Å². The third-order valence-electron chi connectivity index (χ3n) is 3.26. The lowest BCUT2D eigenvalue weighted by atomic mass is 9.92. The van der Waals surface area contributed by atoms with Crippen molar-refractivity contribution in [2.75, 3.05) is 0 Å². The predicted molar refractivity (Wildman–Crippen MR) is 82.6 cm³/mol. The molecule has 6 nitrogen and oxygen atoms in total. The number of rotatable bonds is 2. The number of phenols is 1. The third-order valence-corrected chi connectivity index (χ3v) is 3.26. The molecular formula is C16H11F3N4O2. The van der Waals surface area contributed by atoms with Crippen LogP contribution in [0.25, 0.3) is 11.1 Å². The number of halogens is 3. The Morgan fingerprint density at radius 1 is 1.28 bits per heavy atom. The van der Waals surface area contributed by atoms with Gasteiger partial charge in [-0.25, -0.2) is 0 Å². The second-order valence-electron chi connectivity index (χ2n) is 4.94. The summed E-state index contributed by atoms with van der Waals surface area (Å²) in [5, 5.41) is 28.2. The van der Waals surface area contributed by atoms with E-state index < -0.39 is 34.9 Å². The molecule has 2 rings (SSSR count). The van der Waals surface area contributed by atoms with Crippen LogP contribution in [0.5, 0.6) is 5.75 Å². The number of hydrogen-bond donors (Lipinski definition) is 4. The highest BCUT2D eigenvalue weighted by atomic mass is 19.4. The van der Waals surface area contributed by atoms with Crippen molar-refractivity contribution < 1.29 is 23.1 Å². The molecule has 0 aliphatic rings. The van der Waals surface area contributed by atoms with Crippen molar-refractivity contribution >= 4 is 11.9 Å². The number of nitrogens with one attached hydrogen (secondary N) is 2. The average molecular weight is 348 g/mol. The number of carbonyl (C=O) groups excluding carboxylic acids is 1. The molecule has 25 heavy (non-hydrogen) atoms. The van der Waals surface area contributed by atoms with E-state index in [4.69, 9.17) is 11.1 Å². The largest absolute Gasteiger partial charge is 0.507 e. The molecule has 0 spiro atoms. The van der Waals surface area contributed by atoms with Crippen molar-refractivity contribution in [3.05, 3.63) is 53.1 Å². The summed E-state index contributed by atoms with van der Waals surface area (Å²) in [7, 11) is 0. The molecule has 0 unspecified atom stereocenters. The van der Waals surface area contributed by atoms with Crippen LogP contribution >= 0.6 is 0 Å². The van der Waals surface area contributed by atoms with E-state index in [1.807, 2.05) is 5.32 Å². The summed E-state index contributed by atoms with van der Waals surface area (Å²) < 4.78 is 38.8. The van der Waals surface area contributed by atoms with Crippen LogP contribution in [0.3, 0.4) is 0 Å². The number of nitrogens with zero attached hydrogens (tertiary/aromatic N) is 1. The predicted octanol–water partition coefficient (Wildman–Crippen LogP) is 2.57. The molecule has 0 bridgehead atoms. The summed E-state index contributed by atoms with van der Waals surface area (Å²) in [6.07, 6.45) is -4.62. The minimum Gasteiger partial charge on any atom is -0.507 e. The number of aromatic hydroxyl groups is 1. The van der Waals surface area contributed by atoms with Crippen molar-refractivity contribution in [1.29, 1.82) is 10.7 Å². The van der Waals surface area contributed by atoms with Crippen molar-refractivity contribution in [3.8, 4) is 22.9 Å². The normalized spacial score (nSPS) is 10.8. The number of alkyl halides is 3. The molecule has 0 heterocycles. The maximum atomic E-state index is 12.9. The number of guanidine groups is 1. The second-order valence-corrected chi connectivity index (χ2v) is 4.94. The Balaban J connectivity index is 2.76. The van der Waals surface area contributed by atoms with Gasteiger partial charge >= 0.3 is 6.18 Å². The van der Waals surface area contributed by atoms with E-state index in [-0.39, 0.29) is 16.7 Å². The first-order valence-electron chi connectivity index (χ1n) is 6.74. The molecule has 0 aromatic heterocycles. The summed E-state index contributed by atoms with van der Waals surface area (Å²) in [5.74, 6) is -2.30. The van der Waals surface area contributed by atoms with Gasteiger partial charge in [-0.3, -0.25) is 15.5 Å². The fraction of sp³-hybridized carbons (Fsp3) is 0.0625. The first-order valence-corrected chi connectivity index (χ1v) is 6.74. The molecule has 1 amide bonds. The monoisotopic (exact) mass is 348 g/mol. The molecule has 128 valence electrons. The molecule has 0 saturated heterocycles.